The minimum absolute atomic E-state index is 0.00971. The fourth-order valence-corrected chi connectivity index (χ4v) is 5.51. The third-order valence-corrected chi connectivity index (χ3v) is 7.80. The molecule has 0 bridgehead atoms. The Morgan fingerprint density at radius 3 is 2.46 bits per heavy atom. The van der Waals surface area contributed by atoms with Crippen molar-refractivity contribution in [3.05, 3.63) is 70.6 Å². The highest BCUT2D eigenvalue weighted by atomic mass is 35.5. The number of sulfonamides is 1. The van der Waals surface area contributed by atoms with Gasteiger partial charge in [0, 0.05) is 35.7 Å². The molecule has 0 atom stereocenters. The van der Waals surface area contributed by atoms with E-state index in [0.717, 1.165) is 42.5 Å². The summed E-state index contributed by atoms with van der Waals surface area (Å²) < 4.78 is 27.9. The van der Waals surface area contributed by atoms with Gasteiger partial charge < -0.3 is 11.1 Å². The largest absolute Gasteiger partial charge is 0.351 e. The smallest absolute Gasteiger partial charge is 0.264 e. The molecule has 2 heterocycles. The lowest BCUT2D eigenvalue weighted by Gasteiger charge is -2.26. The van der Waals surface area contributed by atoms with Crippen LogP contribution in [0.3, 0.4) is 0 Å². The normalized spacial score (nSPS) is 18.5. The summed E-state index contributed by atoms with van der Waals surface area (Å²) in [7, 11) is -3.85. The molecule has 0 spiro atoms. The molecule has 0 radical (unpaired) electrons. The molecule has 3 aromatic rings. The number of nitrogens with one attached hydrogen (secondary N) is 2. The van der Waals surface area contributed by atoms with Gasteiger partial charge in [-0.2, -0.15) is 0 Å². The molecule has 10 heteroatoms. The third kappa shape index (κ3) is 6.56. The van der Waals surface area contributed by atoms with Crippen molar-refractivity contribution in [1.29, 1.82) is 0 Å². The Morgan fingerprint density at radius 1 is 1.06 bits per heavy atom. The van der Waals surface area contributed by atoms with Gasteiger partial charge in [-0.25, -0.2) is 23.4 Å². The minimum Gasteiger partial charge on any atom is -0.351 e. The van der Waals surface area contributed by atoms with Crippen LogP contribution in [0, 0.1) is 0 Å². The molecule has 1 fully saturated rings. The minimum atomic E-state index is -3.85. The van der Waals surface area contributed by atoms with Crippen molar-refractivity contribution in [2.24, 2.45) is 5.73 Å². The number of hydrogen-bond donors (Lipinski definition) is 3. The number of hydrogen-bond acceptors (Lipinski definition) is 7. The molecule has 1 saturated carbocycles. The van der Waals surface area contributed by atoms with E-state index in [0.29, 0.717) is 24.5 Å². The zero-order valence-electron chi connectivity index (χ0n) is 19.5. The maximum atomic E-state index is 12.7. The molecule has 8 nitrogen and oxygen atoms in total. The number of halogens is 1. The number of benzene rings is 1. The number of pyridine rings is 1. The Labute approximate surface area is 211 Å². The molecule has 1 aliphatic carbocycles. The van der Waals surface area contributed by atoms with Gasteiger partial charge in [-0.1, -0.05) is 42.8 Å². The number of aryl methyl sites for hydroxylation is 1. The fourth-order valence-electron chi connectivity index (χ4n) is 3.99. The number of anilines is 2. The Morgan fingerprint density at radius 2 is 1.77 bits per heavy atom. The van der Waals surface area contributed by atoms with Gasteiger partial charge in [-0.15, -0.1) is 0 Å². The first-order chi connectivity index (χ1) is 16.8. The molecular weight excluding hydrogens is 484 g/mol. The highest BCUT2D eigenvalue weighted by Crippen LogP contribution is 2.24. The summed E-state index contributed by atoms with van der Waals surface area (Å²) in [6.45, 7) is 1.97. The van der Waals surface area contributed by atoms with Crippen molar-refractivity contribution in [2.45, 2.75) is 56.0 Å². The predicted molar refractivity (Wildman–Crippen MR) is 141 cm³/mol. The summed E-state index contributed by atoms with van der Waals surface area (Å²) in [5.74, 6) is 0.857. The molecule has 35 heavy (non-hydrogen) atoms. The van der Waals surface area contributed by atoms with Crippen LogP contribution in [0.2, 0.25) is 5.02 Å². The number of nitrogens with zero attached hydrogens (tertiary/aromatic N) is 3. The van der Waals surface area contributed by atoms with Crippen molar-refractivity contribution < 1.29 is 8.42 Å². The van der Waals surface area contributed by atoms with E-state index in [4.69, 9.17) is 17.3 Å². The van der Waals surface area contributed by atoms with E-state index in [1.165, 1.54) is 12.1 Å². The molecule has 1 aliphatic rings. The average molecular weight is 513 g/mol. The second-order valence-corrected chi connectivity index (χ2v) is 10.6. The quantitative estimate of drug-likeness (QED) is 0.398. The van der Waals surface area contributed by atoms with Gasteiger partial charge in [0.1, 0.15) is 10.7 Å². The first-order valence-electron chi connectivity index (χ1n) is 11.6. The van der Waals surface area contributed by atoms with Crippen LogP contribution in [0.4, 0.5) is 11.8 Å². The molecule has 0 unspecified atom stereocenters. The van der Waals surface area contributed by atoms with Crippen molar-refractivity contribution in [2.75, 3.05) is 10.0 Å². The van der Waals surface area contributed by atoms with Crippen LogP contribution < -0.4 is 15.8 Å². The zero-order chi connectivity index (χ0) is 24.8. The lowest BCUT2D eigenvalue weighted by molar-refractivity contribution is 0.410. The molecule has 4 N–H and O–H groups in total. The summed E-state index contributed by atoms with van der Waals surface area (Å²) in [5, 5.41) is 3.54. The Balaban J connectivity index is 1.43. The van der Waals surface area contributed by atoms with E-state index in [1.807, 2.05) is 25.1 Å². The zero-order valence-corrected chi connectivity index (χ0v) is 21.1. The van der Waals surface area contributed by atoms with Gasteiger partial charge in [0.2, 0.25) is 5.95 Å². The second kappa shape index (κ2) is 11.2. The number of nitrogens with two attached hydrogens (primary N) is 1. The van der Waals surface area contributed by atoms with Crippen LogP contribution in [-0.2, 0) is 16.4 Å². The van der Waals surface area contributed by atoms with Crippen LogP contribution in [0.5, 0.6) is 0 Å². The van der Waals surface area contributed by atoms with Crippen LogP contribution >= 0.6 is 11.6 Å². The average Bonchev–Trinajstić information content (AvgIpc) is 2.85. The Hall–Kier alpha value is -3.01. The highest BCUT2D eigenvalue weighted by Gasteiger charge is 2.19. The number of aromatic nitrogens is 3. The maximum absolute atomic E-state index is 12.7. The summed E-state index contributed by atoms with van der Waals surface area (Å²) in [5.41, 5.74) is 8.47. The standard InChI is InChI=1S/C25H29ClN6O2S/c1-2-22-18(9-14-24(31-22)32-35(33,34)23-6-4-3-5-21(23)26)8-7-17-15-28-25(29-16-17)30-20-12-10-19(27)11-13-20/h3-9,14-16,19-20H,2,10-13,27H2,1H3,(H,31,32)(H,28,29,30)/t19-,20-. The highest BCUT2D eigenvalue weighted by molar-refractivity contribution is 7.92. The van der Waals surface area contributed by atoms with Crippen LogP contribution in [-0.4, -0.2) is 35.5 Å². The second-order valence-electron chi connectivity index (χ2n) is 8.55. The van der Waals surface area contributed by atoms with Gasteiger partial charge in [-0.05, 0) is 61.9 Å². The first-order valence-corrected chi connectivity index (χ1v) is 13.5. The van der Waals surface area contributed by atoms with Gasteiger partial charge in [0.05, 0.1) is 5.02 Å². The Kier molecular flexibility index (Phi) is 8.00. The van der Waals surface area contributed by atoms with E-state index in [-0.39, 0.29) is 15.7 Å². The van der Waals surface area contributed by atoms with Gasteiger partial charge in [0.15, 0.2) is 0 Å². The Bertz CT molecular complexity index is 1290. The molecule has 0 amide bonds. The molecule has 1 aromatic carbocycles. The van der Waals surface area contributed by atoms with E-state index in [2.05, 4.69) is 25.0 Å². The predicted octanol–water partition coefficient (Wildman–Crippen LogP) is 4.74. The SMILES string of the molecule is CCc1nc(NS(=O)(=O)c2ccccc2Cl)ccc1C=Cc1cnc(N[C@H]2CC[C@H](N)CC2)nc1. The molecule has 2 aromatic heterocycles. The monoisotopic (exact) mass is 512 g/mol. The molecule has 0 saturated heterocycles. The molecule has 184 valence electrons. The van der Waals surface area contributed by atoms with Gasteiger partial charge >= 0.3 is 0 Å². The van der Waals surface area contributed by atoms with Crippen molar-refractivity contribution in [3.8, 4) is 0 Å². The summed E-state index contributed by atoms with van der Waals surface area (Å²) >= 11 is 6.05. The molecule has 4 rings (SSSR count). The fraction of sp³-hybridized carbons (Fsp3) is 0.320. The van der Waals surface area contributed by atoms with E-state index >= 15 is 0 Å². The lowest BCUT2D eigenvalue weighted by atomic mass is 9.92. The van der Waals surface area contributed by atoms with E-state index in [1.54, 1.807) is 30.6 Å². The van der Waals surface area contributed by atoms with Gasteiger partial charge in [0.25, 0.3) is 10.0 Å². The topological polar surface area (TPSA) is 123 Å². The molecular formula is C25H29ClN6O2S. The van der Waals surface area contributed by atoms with Crippen LogP contribution in [0.25, 0.3) is 12.2 Å². The maximum Gasteiger partial charge on any atom is 0.264 e. The lowest BCUT2D eigenvalue weighted by Crippen LogP contribution is -2.33. The third-order valence-electron chi connectivity index (χ3n) is 5.94. The van der Waals surface area contributed by atoms with Crippen molar-refractivity contribution >= 4 is 45.5 Å². The van der Waals surface area contributed by atoms with Crippen LogP contribution in [0.1, 0.15) is 49.4 Å². The van der Waals surface area contributed by atoms with Crippen molar-refractivity contribution in [3.63, 3.8) is 0 Å². The first kappa shape index (κ1) is 25.1. The van der Waals surface area contributed by atoms with Crippen molar-refractivity contribution in [1.82, 2.24) is 15.0 Å². The summed E-state index contributed by atoms with van der Waals surface area (Å²) in [4.78, 5) is 13.4. The van der Waals surface area contributed by atoms with E-state index < -0.39 is 10.0 Å². The molecule has 0 aliphatic heterocycles. The van der Waals surface area contributed by atoms with E-state index in [9.17, 15) is 8.42 Å². The summed E-state index contributed by atoms with van der Waals surface area (Å²) in [6.07, 6.45) is 12.1. The number of rotatable bonds is 8. The summed E-state index contributed by atoms with van der Waals surface area (Å²) in [6, 6.07) is 10.4. The van der Waals surface area contributed by atoms with Gasteiger partial charge in [-0.3, -0.25) is 4.72 Å². The van der Waals surface area contributed by atoms with Crippen LogP contribution in [0.15, 0.2) is 53.7 Å².